The molecule has 0 heterocycles. The molecule has 2 aromatic carbocycles. The van der Waals surface area contributed by atoms with Crippen molar-refractivity contribution in [3.8, 4) is 11.1 Å². The van der Waals surface area contributed by atoms with Crippen LogP contribution >= 0.6 is 0 Å². The minimum Gasteiger partial charge on any atom is -0.398 e. The van der Waals surface area contributed by atoms with E-state index in [4.69, 9.17) is 11.5 Å². The zero-order chi connectivity index (χ0) is 15.8. The molecular formula is C15H13F3N2O. The van der Waals surface area contributed by atoms with Crippen LogP contribution in [0.1, 0.15) is 21.5 Å². The highest BCUT2D eigenvalue weighted by molar-refractivity contribution is 5.97. The molecule has 2 aromatic rings. The van der Waals surface area contributed by atoms with Crippen molar-refractivity contribution in [2.24, 2.45) is 5.73 Å². The molecule has 2 rings (SSSR count). The summed E-state index contributed by atoms with van der Waals surface area (Å²) < 4.78 is 37.6. The minimum atomic E-state index is -4.39. The van der Waals surface area contributed by atoms with Crippen molar-refractivity contribution in [3.05, 3.63) is 53.1 Å². The Labute approximate surface area is 119 Å². The summed E-state index contributed by atoms with van der Waals surface area (Å²) in [4.78, 5) is 11.4. The first-order valence-electron chi connectivity index (χ1n) is 6.07. The number of hydrogen-bond acceptors (Lipinski definition) is 2. The fourth-order valence-electron chi connectivity index (χ4n) is 2.01. The van der Waals surface area contributed by atoms with Crippen molar-refractivity contribution >= 4 is 11.6 Å². The first kappa shape index (κ1) is 14.9. The second kappa shape index (κ2) is 5.12. The predicted octanol–water partition coefficient (Wildman–Crippen LogP) is 3.36. The van der Waals surface area contributed by atoms with Crippen molar-refractivity contribution in [1.29, 1.82) is 0 Å². The Balaban J connectivity index is 2.50. The molecule has 1 amide bonds. The van der Waals surface area contributed by atoms with Gasteiger partial charge in [0.25, 0.3) is 0 Å². The summed E-state index contributed by atoms with van der Waals surface area (Å²) in [6.07, 6.45) is -4.39. The fraction of sp³-hybridized carbons (Fsp3) is 0.133. The van der Waals surface area contributed by atoms with Gasteiger partial charge in [0.1, 0.15) is 0 Å². The summed E-state index contributed by atoms with van der Waals surface area (Å²) >= 11 is 0. The first-order valence-corrected chi connectivity index (χ1v) is 6.07. The molecule has 0 aliphatic carbocycles. The lowest BCUT2D eigenvalue weighted by molar-refractivity contribution is -0.137. The number of amides is 1. The van der Waals surface area contributed by atoms with Gasteiger partial charge < -0.3 is 11.5 Å². The van der Waals surface area contributed by atoms with Crippen molar-refractivity contribution in [2.45, 2.75) is 13.1 Å². The number of hydrogen-bond donors (Lipinski definition) is 2. The lowest BCUT2D eigenvalue weighted by atomic mass is 9.97. The van der Waals surface area contributed by atoms with E-state index < -0.39 is 17.6 Å². The van der Waals surface area contributed by atoms with E-state index in [0.29, 0.717) is 22.4 Å². The Kier molecular flexibility index (Phi) is 3.63. The van der Waals surface area contributed by atoms with E-state index in [1.165, 1.54) is 18.2 Å². The normalized spacial score (nSPS) is 11.4. The molecule has 4 N–H and O–H groups in total. The van der Waals surface area contributed by atoms with Gasteiger partial charge in [-0.25, -0.2) is 0 Å². The predicted molar refractivity (Wildman–Crippen MR) is 74.5 cm³/mol. The van der Waals surface area contributed by atoms with Gasteiger partial charge in [0, 0.05) is 11.3 Å². The third kappa shape index (κ3) is 2.99. The maximum atomic E-state index is 12.5. The van der Waals surface area contributed by atoms with E-state index in [9.17, 15) is 18.0 Å². The summed E-state index contributed by atoms with van der Waals surface area (Å²) in [7, 11) is 0. The molecular weight excluding hydrogens is 281 g/mol. The number of nitrogens with two attached hydrogens (primary N) is 2. The van der Waals surface area contributed by atoms with E-state index in [1.54, 1.807) is 13.0 Å². The molecule has 0 radical (unpaired) electrons. The van der Waals surface area contributed by atoms with Crippen molar-refractivity contribution in [2.75, 3.05) is 5.73 Å². The van der Waals surface area contributed by atoms with Gasteiger partial charge in [0.15, 0.2) is 0 Å². The monoisotopic (exact) mass is 294 g/mol. The second-order valence-corrected chi connectivity index (χ2v) is 4.68. The van der Waals surface area contributed by atoms with Crippen LogP contribution in [0, 0.1) is 6.92 Å². The first-order chi connectivity index (χ1) is 9.70. The average molecular weight is 294 g/mol. The molecule has 3 nitrogen and oxygen atoms in total. The Morgan fingerprint density at radius 1 is 1.05 bits per heavy atom. The van der Waals surface area contributed by atoms with Crippen molar-refractivity contribution < 1.29 is 18.0 Å². The lowest BCUT2D eigenvalue weighted by Gasteiger charge is -2.11. The number of halogens is 3. The Bertz CT molecular complexity index is 691. The van der Waals surface area contributed by atoms with Crippen LogP contribution in [0.25, 0.3) is 11.1 Å². The molecule has 0 unspecified atom stereocenters. The zero-order valence-corrected chi connectivity index (χ0v) is 11.2. The number of rotatable bonds is 2. The molecule has 110 valence electrons. The van der Waals surface area contributed by atoms with Crippen molar-refractivity contribution in [1.82, 2.24) is 0 Å². The highest BCUT2D eigenvalue weighted by Gasteiger charge is 2.30. The number of anilines is 1. The zero-order valence-electron chi connectivity index (χ0n) is 11.2. The van der Waals surface area contributed by atoms with Gasteiger partial charge in [-0.2, -0.15) is 13.2 Å². The topological polar surface area (TPSA) is 69.1 Å². The summed E-state index contributed by atoms with van der Waals surface area (Å²) in [5.74, 6) is -0.632. The standard InChI is InChI=1S/C15H13F3N2O/c1-8-12(14(20)21)6-10(7-13(8)19)9-2-4-11(5-3-9)15(16,17)18/h2-7H,19H2,1H3,(H2,20,21). The average Bonchev–Trinajstić information content (AvgIpc) is 2.40. The third-order valence-electron chi connectivity index (χ3n) is 3.26. The van der Waals surface area contributed by atoms with E-state index in [-0.39, 0.29) is 5.56 Å². The largest absolute Gasteiger partial charge is 0.416 e. The van der Waals surface area contributed by atoms with Gasteiger partial charge in [0.05, 0.1) is 5.56 Å². The van der Waals surface area contributed by atoms with Crippen LogP contribution in [-0.2, 0) is 6.18 Å². The number of alkyl halides is 3. The fourth-order valence-corrected chi connectivity index (χ4v) is 2.01. The number of benzene rings is 2. The van der Waals surface area contributed by atoms with Crippen molar-refractivity contribution in [3.63, 3.8) is 0 Å². The number of nitrogen functional groups attached to an aromatic ring is 1. The smallest absolute Gasteiger partial charge is 0.398 e. The van der Waals surface area contributed by atoms with Crippen LogP contribution in [0.3, 0.4) is 0 Å². The van der Waals surface area contributed by atoms with Crippen LogP contribution in [0.2, 0.25) is 0 Å². The van der Waals surface area contributed by atoms with Gasteiger partial charge in [-0.3, -0.25) is 4.79 Å². The number of primary amides is 1. The molecule has 0 aromatic heterocycles. The highest BCUT2D eigenvalue weighted by Crippen LogP contribution is 2.32. The summed E-state index contributed by atoms with van der Waals surface area (Å²) in [5, 5.41) is 0. The van der Waals surface area contributed by atoms with E-state index in [1.807, 2.05) is 0 Å². The van der Waals surface area contributed by atoms with Gasteiger partial charge in [0.2, 0.25) is 5.91 Å². The maximum absolute atomic E-state index is 12.5. The molecule has 0 saturated heterocycles. The van der Waals surface area contributed by atoms with E-state index in [0.717, 1.165) is 12.1 Å². The Morgan fingerprint density at radius 3 is 2.10 bits per heavy atom. The molecule has 0 saturated carbocycles. The number of carbonyl (C=O) groups is 1. The quantitative estimate of drug-likeness (QED) is 0.834. The Hall–Kier alpha value is -2.50. The van der Waals surface area contributed by atoms with Crippen LogP contribution in [0.4, 0.5) is 18.9 Å². The highest BCUT2D eigenvalue weighted by atomic mass is 19.4. The summed E-state index contributed by atoms with van der Waals surface area (Å²) in [5.41, 5.74) is 12.6. The molecule has 0 atom stereocenters. The van der Waals surface area contributed by atoms with Crippen LogP contribution in [0.5, 0.6) is 0 Å². The summed E-state index contributed by atoms with van der Waals surface area (Å²) in [6.45, 7) is 1.66. The minimum absolute atomic E-state index is 0.255. The van der Waals surface area contributed by atoms with Gasteiger partial charge in [-0.05, 0) is 47.9 Å². The lowest BCUT2D eigenvalue weighted by Crippen LogP contribution is -2.14. The maximum Gasteiger partial charge on any atom is 0.416 e. The molecule has 0 bridgehead atoms. The summed E-state index contributed by atoms with van der Waals surface area (Å²) in [6, 6.07) is 7.75. The van der Waals surface area contributed by atoms with E-state index >= 15 is 0 Å². The second-order valence-electron chi connectivity index (χ2n) is 4.68. The van der Waals surface area contributed by atoms with Crippen LogP contribution in [0.15, 0.2) is 36.4 Å². The molecule has 0 spiro atoms. The van der Waals surface area contributed by atoms with Gasteiger partial charge >= 0.3 is 6.18 Å². The molecule has 21 heavy (non-hydrogen) atoms. The van der Waals surface area contributed by atoms with Crippen LogP contribution in [-0.4, -0.2) is 5.91 Å². The van der Waals surface area contributed by atoms with E-state index in [2.05, 4.69) is 0 Å². The Morgan fingerprint density at radius 2 is 1.62 bits per heavy atom. The van der Waals surface area contributed by atoms with Gasteiger partial charge in [-0.1, -0.05) is 12.1 Å². The van der Waals surface area contributed by atoms with Gasteiger partial charge in [-0.15, -0.1) is 0 Å². The number of carbonyl (C=O) groups excluding carboxylic acids is 1. The molecule has 0 aliphatic rings. The molecule has 6 heteroatoms. The third-order valence-corrected chi connectivity index (χ3v) is 3.26. The molecule has 0 aliphatic heterocycles. The molecule has 0 fully saturated rings. The SMILES string of the molecule is Cc1c(N)cc(-c2ccc(C(F)(F)F)cc2)cc1C(N)=O. The van der Waals surface area contributed by atoms with Crippen LogP contribution < -0.4 is 11.5 Å².